The Bertz CT molecular complexity index is 598. The summed E-state index contributed by atoms with van der Waals surface area (Å²) in [6.07, 6.45) is 4.64. The SMILES string of the molecule is CC1(C)Cc2ccccc2C(c2ccncc2)=N1. The van der Waals surface area contributed by atoms with Crippen LogP contribution in [-0.4, -0.2) is 16.2 Å². The van der Waals surface area contributed by atoms with Crippen LogP contribution in [0.5, 0.6) is 0 Å². The summed E-state index contributed by atoms with van der Waals surface area (Å²) in [6, 6.07) is 12.6. The van der Waals surface area contributed by atoms with Gasteiger partial charge in [0.05, 0.1) is 11.3 Å². The van der Waals surface area contributed by atoms with E-state index < -0.39 is 0 Å². The van der Waals surface area contributed by atoms with Gasteiger partial charge < -0.3 is 0 Å². The lowest BCUT2D eigenvalue weighted by molar-refractivity contribution is 0.513. The quantitative estimate of drug-likeness (QED) is 0.746. The lowest BCUT2D eigenvalue weighted by Crippen LogP contribution is -2.29. The van der Waals surface area contributed by atoms with Crippen molar-refractivity contribution in [2.24, 2.45) is 4.99 Å². The second-order valence-electron chi connectivity index (χ2n) is 5.34. The maximum atomic E-state index is 4.91. The van der Waals surface area contributed by atoms with Gasteiger partial charge in [-0.3, -0.25) is 9.98 Å². The summed E-state index contributed by atoms with van der Waals surface area (Å²) in [5.74, 6) is 0. The Morgan fingerprint density at radius 3 is 2.50 bits per heavy atom. The molecule has 0 saturated heterocycles. The second-order valence-corrected chi connectivity index (χ2v) is 5.34. The minimum Gasteiger partial charge on any atom is -0.278 e. The normalized spacial score (nSPS) is 16.9. The third-order valence-electron chi connectivity index (χ3n) is 3.26. The molecular weight excluding hydrogens is 220 g/mol. The number of aromatic nitrogens is 1. The second kappa shape index (κ2) is 4.05. The van der Waals surface area contributed by atoms with E-state index >= 15 is 0 Å². The lowest BCUT2D eigenvalue weighted by atomic mass is 9.85. The zero-order valence-electron chi connectivity index (χ0n) is 10.7. The predicted molar refractivity (Wildman–Crippen MR) is 74.1 cm³/mol. The molecule has 2 aromatic rings. The maximum Gasteiger partial charge on any atom is 0.0729 e. The van der Waals surface area contributed by atoms with Crippen molar-refractivity contribution >= 4 is 5.71 Å². The Morgan fingerprint density at radius 1 is 1.00 bits per heavy atom. The first-order valence-corrected chi connectivity index (χ1v) is 6.24. The Morgan fingerprint density at radius 2 is 1.72 bits per heavy atom. The van der Waals surface area contributed by atoms with Gasteiger partial charge in [-0.25, -0.2) is 0 Å². The zero-order valence-corrected chi connectivity index (χ0v) is 10.7. The van der Waals surface area contributed by atoms with Crippen LogP contribution in [0.25, 0.3) is 0 Å². The minimum absolute atomic E-state index is 0.0348. The Balaban J connectivity index is 2.20. The summed E-state index contributed by atoms with van der Waals surface area (Å²) in [6.45, 7) is 4.37. The molecule has 3 rings (SSSR count). The van der Waals surface area contributed by atoms with Gasteiger partial charge in [-0.05, 0) is 38.0 Å². The van der Waals surface area contributed by atoms with Crippen LogP contribution in [-0.2, 0) is 6.42 Å². The molecule has 1 aliphatic heterocycles. The Hall–Kier alpha value is -1.96. The number of nitrogens with zero attached hydrogens (tertiary/aromatic N) is 2. The van der Waals surface area contributed by atoms with Crippen molar-refractivity contribution < 1.29 is 0 Å². The van der Waals surface area contributed by atoms with E-state index in [1.165, 1.54) is 11.1 Å². The molecule has 2 heterocycles. The van der Waals surface area contributed by atoms with Crippen LogP contribution in [0.1, 0.15) is 30.5 Å². The highest BCUT2D eigenvalue weighted by Crippen LogP contribution is 2.28. The first kappa shape index (κ1) is 11.1. The fourth-order valence-corrected chi connectivity index (χ4v) is 2.50. The topological polar surface area (TPSA) is 25.2 Å². The van der Waals surface area contributed by atoms with E-state index in [0.717, 1.165) is 17.7 Å². The van der Waals surface area contributed by atoms with E-state index in [2.05, 4.69) is 43.1 Å². The van der Waals surface area contributed by atoms with E-state index in [1.807, 2.05) is 24.5 Å². The molecule has 1 aromatic heterocycles. The fraction of sp³-hybridized carbons (Fsp3) is 0.250. The lowest BCUT2D eigenvalue weighted by Gasteiger charge is -2.29. The van der Waals surface area contributed by atoms with Gasteiger partial charge in [0.2, 0.25) is 0 Å². The van der Waals surface area contributed by atoms with E-state index in [0.29, 0.717) is 0 Å². The summed E-state index contributed by atoms with van der Waals surface area (Å²) in [4.78, 5) is 8.99. The number of benzene rings is 1. The van der Waals surface area contributed by atoms with E-state index in [9.17, 15) is 0 Å². The highest BCUT2D eigenvalue weighted by atomic mass is 14.9. The van der Waals surface area contributed by atoms with Crippen molar-refractivity contribution in [3.8, 4) is 0 Å². The molecular formula is C16H16N2. The number of hydrogen-bond acceptors (Lipinski definition) is 2. The minimum atomic E-state index is -0.0348. The highest BCUT2D eigenvalue weighted by Gasteiger charge is 2.26. The third-order valence-corrected chi connectivity index (χ3v) is 3.26. The molecule has 0 amide bonds. The molecule has 0 fully saturated rings. The molecule has 0 atom stereocenters. The predicted octanol–water partition coefficient (Wildman–Crippen LogP) is 3.25. The van der Waals surface area contributed by atoms with Crippen LogP contribution in [0.4, 0.5) is 0 Å². The highest BCUT2D eigenvalue weighted by molar-refractivity contribution is 6.14. The molecule has 0 saturated carbocycles. The Labute approximate surface area is 107 Å². The molecule has 0 unspecified atom stereocenters. The molecule has 18 heavy (non-hydrogen) atoms. The molecule has 90 valence electrons. The maximum absolute atomic E-state index is 4.91. The van der Waals surface area contributed by atoms with Crippen LogP contribution in [0, 0.1) is 0 Å². The summed E-state index contributed by atoms with van der Waals surface area (Å²) in [7, 11) is 0. The zero-order chi connectivity index (χ0) is 12.6. The van der Waals surface area contributed by atoms with Crippen LogP contribution in [0.15, 0.2) is 53.8 Å². The van der Waals surface area contributed by atoms with Gasteiger partial charge in [0.25, 0.3) is 0 Å². The average molecular weight is 236 g/mol. The number of fused-ring (bicyclic) bond motifs is 1. The van der Waals surface area contributed by atoms with E-state index in [4.69, 9.17) is 4.99 Å². The van der Waals surface area contributed by atoms with Crippen molar-refractivity contribution in [1.82, 2.24) is 4.98 Å². The summed E-state index contributed by atoms with van der Waals surface area (Å²) < 4.78 is 0. The summed E-state index contributed by atoms with van der Waals surface area (Å²) in [5, 5.41) is 0. The van der Waals surface area contributed by atoms with Gasteiger partial charge in [-0.2, -0.15) is 0 Å². The molecule has 1 aromatic carbocycles. The molecule has 0 aliphatic carbocycles. The fourth-order valence-electron chi connectivity index (χ4n) is 2.50. The standard InChI is InChI=1S/C16H16N2/c1-16(2)11-13-5-3-4-6-14(13)15(18-16)12-7-9-17-10-8-12/h3-10H,11H2,1-2H3. The van der Waals surface area contributed by atoms with Gasteiger partial charge in [0.1, 0.15) is 0 Å². The third kappa shape index (κ3) is 1.94. The van der Waals surface area contributed by atoms with E-state index in [1.54, 1.807) is 0 Å². The van der Waals surface area contributed by atoms with Crippen LogP contribution in [0.3, 0.4) is 0 Å². The average Bonchev–Trinajstić information content (AvgIpc) is 2.38. The van der Waals surface area contributed by atoms with Gasteiger partial charge in [-0.15, -0.1) is 0 Å². The van der Waals surface area contributed by atoms with Crippen molar-refractivity contribution in [2.75, 3.05) is 0 Å². The van der Waals surface area contributed by atoms with Crippen molar-refractivity contribution in [3.05, 3.63) is 65.5 Å². The first-order chi connectivity index (χ1) is 8.66. The van der Waals surface area contributed by atoms with Crippen molar-refractivity contribution in [3.63, 3.8) is 0 Å². The molecule has 2 nitrogen and oxygen atoms in total. The van der Waals surface area contributed by atoms with Crippen LogP contribution >= 0.6 is 0 Å². The number of hydrogen-bond donors (Lipinski definition) is 0. The summed E-state index contributed by atoms with van der Waals surface area (Å²) in [5.41, 5.74) is 4.83. The van der Waals surface area contributed by atoms with Gasteiger partial charge in [-0.1, -0.05) is 24.3 Å². The number of rotatable bonds is 1. The largest absolute Gasteiger partial charge is 0.278 e. The van der Waals surface area contributed by atoms with Crippen molar-refractivity contribution in [1.29, 1.82) is 0 Å². The molecule has 2 heteroatoms. The molecule has 1 aliphatic rings. The van der Waals surface area contributed by atoms with Gasteiger partial charge >= 0.3 is 0 Å². The van der Waals surface area contributed by atoms with E-state index in [-0.39, 0.29) is 5.54 Å². The Kier molecular flexibility index (Phi) is 2.51. The van der Waals surface area contributed by atoms with Gasteiger partial charge in [0.15, 0.2) is 0 Å². The molecule has 0 bridgehead atoms. The molecule has 0 N–H and O–H groups in total. The van der Waals surface area contributed by atoms with Crippen molar-refractivity contribution in [2.45, 2.75) is 25.8 Å². The first-order valence-electron chi connectivity index (χ1n) is 6.24. The monoisotopic (exact) mass is 236 g/mol. The molecule has 0 radical (unpaired) electrons. The number of aliphatic imine (C=N–C) groups is 1. The van der Waals surface area contributed by atoms with Gasteiger partial charge in [0, 0.05) is 23.5 Å². The smallest absolute Gasteiger partial charge is 0.0729 e. The van der Waals surface area contributed by atoms with Crippen LogP contribution in [0.2, 0.25) is 0 Å². The number of pyridine rings is 1. The summed E-state index contributed by atoms with van der Waals surface area (Å²) >= 11 is 0. The van der Waals surface area contributed by atoms with Crippen LogP contribution < -0.4 is 0 Å². The molecule has 0 spiro atoms.